The Morgan fingerprint density at radius 3 is 2.83 bits per heavy atom. The van der Waals surface area contributed by atoms with Gasteiger partial charge in [-0.1, -0.05) is 12.1 Å². The van der Waals surface area contributed by atoms with Gasteiger partial charge in [-0.25, -0.2) is 4.98 Å². The van der Waals surface area contributed by atoms with Crippen LogP contribution in [0.5, 0.6) is 5.75 Å². The zero-order chi connectivity index (χ0) is 13.1. The maximum absolute atomic E-state index is 9.28. The van der Waals surface area contributed by atoms with Gasteiger partial charge in [-0.2, -0.15) is 0 Å². The highest BCUT2D eigenvalue weighted by atomic mass is 79.9. The molecule has 4 nitrogen and oxygen atoms in total. The van der Waals surface area contributed by atoms with E-state index in [0.717, 1.165) is 22.8 Å². The summed E-state index contributed by atoms with van der Waals surface area (Å²) < 4.78 is 8.01. The van der Waals surface area contributed by atoms with Crippen molar-refractivity contribution in [2.45, 2.75) is 13.5 Å². The number of benzene rings is 1. The molecule has 0 aliphatic carbocycles. The van der Waals surface area contributed by atoms with Gasteiger partial charge in [0.15, 0.2) is 0 Å². The number of ether oxygens (including phenoxy) is 1. The highest BCUT2D eigenvalue weighted by Gasteiger charge is 2.13. The molecule has 1 aromatic carbocycles. The molecule has 2 rings (SSSR count). The fraction of sp³-hybridized carbons (Fsp3) is 0.308. The molecule has 0 atom stereocenters. The molecule has 1 N–H and O–H groups in total. The molecule has 5 heteroatoms. The van der Waals surface area contributed by atoms with E-state index in [2.05, 4.69) is 20.9 Å². The molecule has 2 aromatic rings. The molecule has 1 aromatic heterocycles. The number of aromatic nitrogens is 2. The Bertz CT molecular complexity index is 552. The molecule has 0 saturated carbocycles. The number of halogens is 1. The number of aliphatic hydroxyl groups is 1. The minimum atomic E-state index is -0.0464. The zero-order valence-electron chi connectivity index (χ0n) is 10.4. The highest BCUT2D eigenvalue weighted by Crippen LogP contribution is 2.27. The lowest BCUT2D eigenvalue weighted by Crippen LogP contribution is -1.99. The van der Waals surface area contributed by atoms with Gasteiger partial charge in [0.2, 0.25) is 0 Å². The number of aliphatic hydroxyl groups excluding tert-OH is 1. The molecule has 0 fully saturated rings. The Balaban J connectivity index is 2.45. The van der Waals surface area contributed by atoms with Gasteiger partial charge in [-0.05, 0) is 35.0 Å². The number of imidazole rings is 1. The third-order valence-corrected chi connectivity index (χ3v) is 3.35. The summed E-state index contributed by atoms with van der Waals surface area (Å²) in [6.07, 6.45) is 0. The van der Waals surface area contributed by atoms with Gasteiger partial charge in [0.05, 0.1) is 18.9 Å². The van der Waals surface area contributed by atoms with Crippen molar-refractivity contribution in [1.29, 1.82) is 0 Å². The lowest BCUT2D eigenvalue weighted by molar-refractivity contribution is 0.272. The summed E-state index contributed by atoms with van der Waals surface area (Å²) in [7, 11) is 1.88. The Hall–Kier alpha value is -1.33. The van der Waals surface area contributed by atoms with Gasteiger partial charge in [-0.3, -0.25) is 0 Å². The fourth-order valence-electron chi connectivity index (χ4n) is 1.82. The van der Waals surface area contributed by atoms with E-state index < -0.39 is 0 Å². The monoisotopic (exact) mass is 310 g/mol. The summed E-state index contributed by atoms with van der Waals surface area (Å²) >= 11 is 3.35. The van der Waals surface area contributed by atoms with E-state index in [1.54, 1.807) is 0 Å². The van der Waals surface area contributed by atoms with Crippen LogP contribution in [0.15, 0.2) is 28.9 Å². The molecule has 0 aliphatic rings. The first-order valence-electron chi connectivity index (χ1n) is 5.72. The van der Waals surface area contributed by atoms with Crippen molar-refractivity contribution in [3.63, 3.8) is 0 Å². The quantitative estimate of drug-likeness (QED) is 0.944. The Morgan fingerprint density at radius 2 is 2.22 bits per heavy atom. The largest absolute Gasteiger partial charge is 0.494 e. The normalized spacial score (nSPS) is 10.7. The molecule has 0 spiro atoms. The Labute approximate surface area is 114 Å². The van der Waals surface area contributed by atoms with E-state index in [1.165, 1.54) is 0 Å². The van der Waals surface area contributed by atoms with E-state index in [1.807, 2.05) is 42.8 Å². The van der Waals surface area contributed by atoms with Gasteiger partial charge < -0.3 is 14.4 Å². The van der Waals surface area contributed by atoms with Crippen LogP contribution in [0.1, 0.15) is 12.6 Å². The molecule has 0 saturated heterocycles. The molecule has 18 heavy (non-hydrogen) atoms. The first-order chi connectivity index (χ1) is 8.67. The average molecular weight is 311 g/mol. The SMILES string of the molecule is CCOc1cccc(-c2nc(Br)c(CO)n2C)c1. The molecule has 96 valence electrons. The summed E-state index contributed by atoms with van der Waals surface area (Å²) in [4.78, 5) is 4.42. The van der Waals surface area contributed by atoms with E-state index >= 15 is 0 Å². The first kappa shape index (κ1) is 13.1. The summed E-state index contributed by atoms with van der Waals surface area (Å²) in [6, 6.07) is 7.76. The second kappa shape index (κ2) is 5.54. The lowest BCUT2D eigenvalue weighted by atomic mass is 10.2. The summed E-state index contributed by atoms with van der Waals surface area (Å²) in [5, 5.41) is 9.28. The lowest BCUT2D eigenvalue weighted by Gasteiger charge is -2.07. The number of hydrogen-bond donors (Lipinski definition) is 1. The van der Waals surface area contributed by atoms with E-state index in [4.69, 9.17) is 4.74 Å². The average Bonchev–Trinajstić information content (AvgIpc) is 2.65. The van der Waals surface area contributed by atoms with Crippen molar-refractivity contribution in [1.82, 2.24) is 9.55 Å². The van der Waals surface area contributed by atoms with Crippen molar-refractivity contribution < 1.29 is 9.84 Å². The smallest absolute Gasteiger partial charge is 0.141 e. The van der Waals surface area contributed by atoms with Crippen LogP contribution in [0.25, 0.3) is 11.4 Å². The first-order valence-corrected chi connectivity index (χ1v) is 6.51. The van der Waals surface area contributed by atoms with Crippen LogP contribution in [0.3, 0.4) is 0 Å². The van der Waals surface area contributed by atoms with E-state index in [9.17, 15) is 5.11 Å². The van der Waals surface area contributed by atoms with Crippen molar-refractivity contribution >= 4 is 15.9 Å². The summed E-state index contributed by atoms with van der Waals surface area (Å²) in [5.41, 5.74) is 1.72. The maximum Gasteiger partial charge on any atom is 0.141 e. The topological polar surface area (TPSA) is 47.3 Å². The highest BCUT2D eigenvalue weighted by molar-refractivity contribution is 9.10. The van der Waals surface area contributed by atoms with Crippen molar-refractivity contribution in [2.24, 2.45) is 7.05 Å². The summed E-state index contributed by atoms with van der Waals surface area (Å²) in [6.45, 7) is 2.54. The molecule has 0 amide bonds. The third-order valence-electron chi connectivity index (χ3n) is 2.72. The molecule has 1 heterocycles. The number of hydrogen-bond acceptors (Lipinski definition) is 3. The maximum atomic E-state index is 9.28. The molecule has 0 radical (unpaired) electrons. The Kier molecular flexibility index (Phi) is 4.04. The minimum Gasteiger partial charge on any atom is -0.494 e. The van der Waals surface area contributed by atoms with Crippen LogP contribution < -0.4 is 4.74 Å². The van der Waals surface area contributed by atoms with E-state index in [-0.39, 0.29) is 6.61 Å². The van der Waals surface area contributed by atoms with Crippen LogP contribution >= 0.6 is 15.9 Å². The van der Waals surface area contributed by atoms with Crippen LogP contribution in [-0.2, 0) is 13.7 Å². The second-order valence-electron chi connectivity index (χ2n) is 3.85. The van der Waals surface area contributed by atoms with Gasteiger partial charge in [0.25, 0.3) is 0 Å². The molecular weight excluding hydrogens is 296 g/mol. The van der Waals surface area contributed by atoms with Crippen LogP contribution in [0.4, 0.5) is 0 Å². The third kappa shape index (κ3) is 2.42. The molecule has 0 unspecified atom stereocenters. The number of nitrogens with zero attached hydrogens (tertiary/aromatic N) is 2. The zero-order valence-corrected chi connectivity index (χ0v) is 11.9. The van der Waals surface area contributed by atoms with Crippen molar-refractivity contribution in [3.8, 4) is 17.1 Å². The second-order valence-corrected chi connectivity index (χ2v) is 4.60. The summed E-state index contributed by atoms with van der Waals surface area (Å²) in [5.74, 6) is 1.62. The van der Waals surface area contributed by atoms with Gasteiger partial charge in [0, 0.05) is 12.6 Å². The van der Waals surface area contributed by atoms with Crippen LogP contribution in [0.2, 0.25) is 0 Å². The fourth-order valence-corrected chi connectivity index (χ4v) is 2.38. The van der Waals surface area contributed by atoms with Crippen LogP contribution in [0, 0.1) is 0 Å². The van der Waals surface area contributed by atoms with Crippen molar-refractivity contribution in [2.75, 3.05) is 6.61 Å². The standard InChI is InChI=1S/C13H15BrN2O2/c1-3-18-10-6-4-5-9(7-10)13-15-12(14)11(8-17)16(13)2/h4-7,17H,3,8H2,1-2H3. The number of rotatable bonds is 4. The molecule has 0 aliphatic heterocycles. The van der Waals surface area contributed by atoms with Gasteiger partial charge in [0.1, 0.15) is 16.2 Å². The predicted octanol–water partition coefficient (Wildman–Crippen LogP) is 2.74. The predicted molar refractivity (Wildman–Crippen MR) is 73.4 cm³/mol. The van der Waals surface area contributed by atoms with Gasteiger partial charge in [-0.15, -0.1) is 0 Å². The van der Waals surface area contributed by atoms with E-state index in [0.29, 0.717) is 11.2 Å². The molecule has 0 bridgehead atoms. The minimum absolute atomic E-state index is 0.0464. The Morgan fingerprint density at radius 1 is 1.44 bits per heavy atom. The molecular formula is C13H15BrN2O2. The van der Waals surface area contributed by atoms with Gasteiger partial charge >= 0.3 is 0 Å². The van der Waals surface area contributed by atoms with Crippen molar-refractivity contribution in [3.05, 3.63) is 34.6 Å². The van der Waals surface area contributed by atoms with Crippen LogP contribution in [-0.4, -0.2) is 21.3 Å².